The number of aromatic nitrogens is 2. The zero-order valence-corrected chi connectivity index (χ0v) is 14.4. The number of rotatable bonds is 6. The summed E-state index contributed by atoms with van der Waals surface area (Å²) >= 11 is 1.27. The van der Waals surface area contributed by atoms with Gasteiger partial charge in [0.15, 0.2) is 0 Å². The van der Waals surface area contributed by atoms with Crippen LogP contribution in [0.1, 0.15) is 36.0 Å². The summed E-state index contributed by atoms with van der Waals surface area (Å²) in [6.07, 6.45) is 0. The first-order valence-electron chi connectivity index (χ1n) is 7.42. The Morgan fingerprint density at radius 2 is 2.04 bits per heavy atom. The van der Waals surface area contributed by atoms with Crippen molar-refractivity contribution in [3.05, 3.63) is 46.5 Å². The van der Waals surface area contributed by atoms with Crippen molar-refractivity contribution in [2.75, 3.05) is 6.61 Å². The summed E-state index contributed by atoms with van der Waals surface area (Å²) in [5.41, 5.74) is 1.30. The summed E-state index contributed by atoms with van der Waals surface area (Å²) in [4.78, 5) is 13.2. The van der Waals surface area contributed by atoms with E-state index in [1.54, 1.807) is 0 Å². The van der Waals surface area contributed by atoms with Crippen molar-refractivity contribution >= 4 is 17.6 Å². The molecule has 0 saturated carbocycles. The third-order valence-corrected chi connectivity index (χ3v) is 4.58. The number of carbonyl (C=O) groups excluding carboxylic acids is 1. The maximum absolute atomic E-state index is 12.3. The van der Waals surface area contributed by atoms with Crippen LogP contribution in [0.15, 0.2) is 30.3 Å². The van der Waals surface area contributed by atoms with E-state index in [1.165, 1.54) is 11.5 Å². The monoisotopic (exact) mass is 334 g/mol. The molecule has 6 nitrogen and oxygen atoms in total. The van der Waals surface area contributed by atoms with Crippen LogP contribution in [0.4, 0.5) is 4.79 Å². The number of benzene rings is 1. The SMILES string of the molecule is Cc1nnsc1CNC(=O)NC(c1ccccc1)C(C)(C)CO. The number of hydrogen-bond acceptors (Lipinski definition) is 5. The van der Waals surface area contributed by atoms with Gasteiger partial charge in [-0.05, 0) is 24.0 Å². The van der Waals surface area contributed by atoms with Gasteiger partial charge in [-0.2, -0.15) is 0 Å². The average Bonchev–Trinajstić information content (AvgIpc) is 2.96. The van der Waals surface area contributed by atoms with Crippen molar-refractivity contribution in [3.63, 3.8) is 0 Å². The van der Waals surface area contributed by atoms with Crippen molar-refractivity contribution in [1.82, 2.24) is 20.2 Å². The first kappa shape index (κ1) is 17.4. The second-order valence-electron chi connectivity index (χ2n) is 6.10. The maximum atomic E-state index is 12.3. The zero-order chi connectivity index (χ0) is 16.9. The van der Waals surface area contributed by atoms with E-state index in [4.69, 9.17) is 0 Å². The lowest BCUT2D eigenvalue weighted by atomic mass is 9.81. The van der Waals surface area contributed by atoms with Crippen LogP contribution in [0.25, 0.3) is 0 Å². The molecule has 1 aromatic heterocycles. The van der Waals surface area contributed by atoms with Gasteiger partial charge in [-0.3, -0.25) is 0 Å². The molecule has 23 heavy (non-hydrogen) atoms. The molecule has 1 heterocycles. The summed E-state index contributed by atoms with van der Waals surface area (Å²) in [6, 6.07) is 9.07. The second-order valence-corrected chi connectivity index (χ2v) is 6.94. The Labute approximate surface area is 140 Å². The molecule has 1 aromatic carbocycles. The number of aryl methyl sites for hydroxylation is 1. The Morgan fingerprint density at radius 1 is 1.35 bits per heavy atom. The highest BCUT2D eigenvalue weighted by Crippen LogP contribution is 2.32. The summed E-state index contributed by atoms with van der Waals surface area (Å²) in [5, 5.41) is 19.4. The average molecular weight is 334 g/mol. The summed E-state index contributed by atoms with van der Waals surface area (Å²) in [5.74, 6) is 0. The van der Waals surface area contributed by atoms with Crippen molar-refractivity contribution < 1.29 is 9.90 Å². The highest BCUT2D eigenvalue weighted by atomic mass is 32.1. The smallest absolute Gasteiger partial charge is 0.315 e. The number of amides is 2. The Bertz CT molecular complexity index is 643. The molecule has 0 bridgehead atoms. The Hall–Kier alpha value is -1.99. The highest BCUT2D eigenvalue weighted by molar-refractivity contribution is 7.05. The van der Waals surface area contributed by atoms with Crippen LogP contribution in [-0.4, -0.2) is 27.3 Å². The molecule has 0 aliphatic carbocycles. The summed E-state index contributed by atoms with van der Waals surface area (Å²) < 4.78 is 3.85. The maximum Gasteiger partial charge on any atom is 0.315 e. The van der Waals surface area contributed by atoms with Crippen LogP contribution < -0.4 is 10.6 Å². The molecule has 0 spiro atoms. The van der Waals surface area contributed by atoms with Gasteiger partial charge in [0.2, 0.25) is 0 Å². The van der Waals surface area contributed by atoms with Gasteiger partial charge in [0.05, 0.1) is 29.8 Å². The van der Waals surface area contributed by atoms with Gasteiger partial charge in [-0.25, -0.2) is 4.79 Å². The summed E-state index contributed by atoms with van der Waals surface area (Å²) in [6.45, 7) is 6.05. The minimum absolute atomic E-state index is 0.0370. The van der Waals surface area contributed by atoms with E-state index in [2.05, 4.69) is 20.2 Å². The Balaban J connectivity index is 2.06. The van der Waals surface area contributed by atoms with E-state index in [0.717, 1.165) is 16.1 Å². The molecule has 0 fully saturated rings. The Kier molecular flexibility index (Phi) is 5.68. The van der Waals surface area contributed by atoms with Crippen LogP contribution >= 0.6 is 11.5 Å². The van der Waals surface area contributed by atoms with Gasteiger partial charge in [0.25, 0.3) is 0 Å². The zero-order valence-electron chi connectivity index (χ0n) is 13.5. The molecular weight excluding hydrogens is 312 g/mol. The van der Waals surface area contributed by atoms with Gasteiger partial charge in [-0.15, -0.1) is 5.10 Å². The quantitative estimate of drug-likeness (QED) is 0.757. The number of aliphatic hydroxyl groups is 1. The fraction of sp³-hybridized carbons (Fsp3) is 0.438. The van der Waals surface area contributed by atoms with Crippen molar-refractivity contribution in [2.24, 2.45) is 5.41 Å². The van der Waals surface area contributed by atoms with E-state index in [1.807, 2.05) is 51.1 Å². The second kappa shape index (κ2) is 7.52. The standard InChI is InChI=1S/C16H22N4O2S/c1-11-13(23-20-19-11)9-17-15(22)18-14(16(2,3)10-21)12-7-5-4-6-8-12/h4-8,14,21H,9-10H2,1-3H3,(H2,17,18,22). The normalized spacial score (nSPS) is 12.7. The third kappa shape index (κ3) is 4.49. The molecular formula is C16H22N4O2S. The molecule has 1 atom stereocenters. The first-order chi connectivity index (χ1) is 10.9. The predicted octanol–water partition coefficient (Wildman–Crippen LogP) is 2.41. The molecule has 2 amide bonds. The molecule has 2 aromatic rings. The molecule has 0 aliphatic rings. The molecule has 2 rings (SSSR count). The number of hydrogen-bond donors (Lipinski definition) is 3. The van der Waals surface area contributed by atoms with E-state index in [-0.39, 0.29) is 18.7 Å². The topological polar surface area (TPSA) is 87.1 Å². The lowest BCUT2D eigenvalue weighted by Crippen LogP contribution is -2.44. The van der Waals surface area contributed by atoms with Crippen LogP contribution in [0.2, 0.25) is 0 Å². The predicted molar refractivity (Wildman–Crippen MR) is 90.1 cm³/mol. The van der Waals surface area contributed by atoms with Gasteiger partial charge in [0, 0.05) is 5.41 Å². The van der Waals surface area contributed by atoms with Crippen molar-refractivity contribution in [2.45, 2.75) is 33.4 Å². The molecule has 0 aliphatic heterocycles. The largest absolute Gasteiger partial charge is 0.396 e. The van der Waals surface area contributed by atoms with E-state index >= 15 is 0 Å². The molecule has 7 heteroatoms. The number of nitrogens with one attached hydrogen (secondary N) is 2. The van der Waals surface area contributed by atoms with Gasteiger partial charge < -0.3 is 15.7 Å². The molecule has 1 unspecified atom stereocenters. The minimum atomic E-state index is -0.485. The number of carbonyl (C=O) groups is 1. The summed E-state index contributed by atoms with van der Waals surface area (Å²) in [7, 11) is 0. The van der Waals surface area contributed by atoms with E-state index < -0.39 is 5.41 Å². The number of aliphatic hydroxyl groups excluding tert-OH is 1. The van der Waals surface area contributed by atoms with Crippen molar-refractivity contribution in [1.29, 1.82) is 0 Å². The first-order valence-corrected chi connectivity index (χ1v) is 8.19. The fourth-order valence-corrected chi connectivity index (χ4v) is 2.79. The van der Waals surface area contributed by atoms with Crippen LogP contribution in [0.5, 0.6) is 0 Å². The lowest BCUT2D eigenvalue weighted by Gasteiger charge is -2.33. The van der Waals surface area contributed by atoms with E-state index in [9.17, 15) is 9.90 Å². The van der Waals surface area contributed by atoms with Crippen LogP contribution in [0.3, 0.4) is 0 Å². The lowest BCUT2D eigenvalue weighted by molar-refractivity contribution is 0.118. The number of urea groups is 1. The van der Waals surface area contributed by atoms with Crippen LogP contribution in [0, 0.1) is 12.3 Å². The third-order valence-electron chi connectivity index (χ3n) is 3.75. The minimum Gasteiger partial charge on any atom is -0.396 e. The molecule has 3 N–H and O–H groups in total. The van der Waals surface area contributed by atoms with Gasteiger partial charge in [0.1, 0.15) is 0 Å². The Morgan fingerprint density at radius 3 is 2.61 bits per heavy atom. The fourth-order valence-electron chi connectivity index (χ4n) is 2.22. The molecule has 124 valence electrons. The number of nitrogens with zero attached hydrogens (tertiary/aromatic N) is 2. The molecule has 0 saturated heterocycles. The molecule has 0 radical (unpaired) electrons. The van der Waals surface area contributed by atoms with Crippen molar-refractivity contribution in [3.8, 4) is 0 Å². The van der Waals surface area contributed by atoms with Gasteiger partial charge >= 0.3 is 6.03 Å². The van der Waals surface area contributed by atoms with Gasteiger partial charge in [-0.1, -0.05) is 48.7 Å². The van der Waals surface area contributed by atoms with E-state index in [0.29, 0.717) is 6.54 Å². The van der Waals surface area contributed by atoms with Crippen LogP contribution in [-0.2, 0) is 6.54 Å². The highest BCUT2D eigenvalue weighted by Gasteiger charge is 2.31.